The van der Waals surface area contributed by atoms with Gasteiger partial charge in [-0.1, -0.05) is 64.1 Å². The number of carbonyl (C=O) groups excluding carboxylic acids is 5. The van der Waals surface area contributed by atoms with Crippen LogP contribution in [-0.2, 0) is 47.7 Å². The summed E-state index contributed by atoms with van der Waals surface area (Å²) in [6, 6.07) is -1.23. The van der Waals surface area contributed by atoms with E-state index in [1.165, 1.54) is 25.5 Å². The number of aliphatic hydroxyl groups excluding tert-OH is 2. The molecule has 16 atom stereocenters. The van der Waals surface area contributed by atoms with Crippen molar-refractivity contribution in [3.63, 3.8) is 0 Å². The van der Waals surface area contributed by atoms with E-state index in [-0.39, 0.29) is 73.7 Å². The molecule has 4 aliphatic rings. The summed E-state index contributed by atoms with van der Waals surface area (Å²) >= 11 is 0. The maximum absolute atomic E-state index is 14.5. The van der Waals surface area contributed by atoms with Crippen molar-refractivity contribution in [2.75, 3.05) is 27.9 Å². The molecule has 0 radical (unpaired) electrons. The zero-order chi connectivity index (χ0) is 51.9. The second-order valence-electron chi connectivity index (χ2n) is 20.6. The van der Waals surface area contributed by atoms with Crippen LogP contribution in [0.3, 0.4) is 0 Å². The highest BCUT2D eigenvalue weighted by molar-refractivity contribution is 6.39. The first-order valence-electron chi connectivity index (χ1n) is 25.3. The van der Waals surface area contributed by atoms with Gasteiger partial charge in [0.2, 0.25) is 5.79 Å². The number of Topliss-reactive ketones (excluding diaryl/α,β-unsaturated/α-hetero) is 3. The largest absolute Gasteiger partial charge is 0.460 e. The van der Waals surface area contributed by atoms with E-state index in [1.807, 2.05) is 32.9 Å². The molecule has 394 valence electrons. The fraction of sp³-hybridized carbons (Fsp3) is 0.769. The van der Waals surface area contributed by atoms with Gasteiger partial charge < -0.3 is 49.2 Å². The van der Waals surface area contributed by atoms with Crippen LogP contribution in [0.15, 0.2) is 45.8 Å². The predicted molar refractivity (Wildman–Crippen MR) is 261 cm³/mol. The van der Waals surface area contributed by atoms with E-state index < -0.39 is 83.9 Å². The lowest BCUT2D eigenvalue weighted by molar-refractivity contribution is -0.265. The number of esters is 1. The number of allylic oxidation sites excluding steroid dienone is 2. The number of carbonyl (C=O) groups is 5. The van der Waals surface area contributed by atoms with Gasteiger partial charge in [-0.3, -0.25) is 19.2 Å². The summed E-state index contributed by atoms with van der Waals surface area (Å²) in [5, 5.41) is 44.2. The van der Waals surface area contributed by atoms with Gasteiger partial charge in [0.25, 0.3) is 11.7 Å². The second kappa shape index (κ2) is 27.7. The Morgan fingerprint density at radius 3 is 2.33 bits per heavy atom. The number of ether oxygens (including phenoxy) is 5. The van der Waals surface area contributed by atoms with Gasteiger partial charge >= 0.3 is 5.97 Å². The summed E-state index contributed by atoms with van der Waals surface area (Å²) in [6.45, 7) is 12.5. The maximum atomic E-state index is 14.5. The van der Waals surface area contributed by atoms with Crippen LogP contribution in [-0.4, -0.2) is 144 Å². The minimum Gasteiger partial charge on any atom is -0.460 e. The molecule has 3 fully saturated rings. The quantitative estimate of drug-likeness (QED) is 0.0341. The smallest absolute Gasteiger partial charge is 0.329 e. The number of cyclic esters (lactones) is 1. The highest BCUT2D eigenvalue weighted by Gasteiger charge is 2.53. The Hall–Kier alpha value is -4.04. The van der Waals surface area contributed by atoms with E-state index in [9.17, 15) is 39.3 Å². The predicted octanol–water partition coefficient (Wildman–Crippen LogP) is 5.95. The SMILES string of the molecule is CO[C@H]1C[C@@H]2CC[C@@H](C)[C@@](O)(O2)C(=O)C(=O)N2CCCC[C@H]2C(=O)O[C@H]([C@H](C)C[C@@H]2CCC(N/C=N\N=N)[C@H](OC)C2)CC(=O)[C@H](C)/C=C(\C)[C@@H](O)[C@@H](OC)C(=O)[C@H](C)C[C@H](C)/C=C/CC(O)/C=C/1C. The normalized spacial score (nSPS) is 39.2. The van der Waals surface area contributed by atoms with Gasteiger partial charge in [0.15, 0.2) is 5.78 Å². The summed E-state index contributed by atoms with van der Waals surface area (Å²) in [7, 11) is 4.51. The summed E-state index contributed by atoms with van der Waals surface area (Å²) in [5.41, 5.74) is 8.03. The number of rotatable bonds is 9. The molecule has 0 spiro atoms. The number of amides is 1. The number of nitrogens with one attached hydrogen (secondary N) is 2. The molecular weight excluding hydrogens is 903 g/mol. The van der Waals surface area contributed by atoms with E-state index in [1.54, 1.807) is 47.0 Å². The fourth-order valence-electron chi connectivity index (χ4n) is 10.8. The first-order chi connectivity index (χ1) is 33.2. The van der Waals surface area contributed by atoms with Crippen molar-refractivity contribution in [2.45, 2.75) is 193 Å². The molecule has 3 aliphatic heterocycles. The number of ketones is 3. The van der Waals surface area contributed by atoms with Gasteiger partial charge in [0, 0.05) is 58.5 Å². The molecule has 2 saturated heterocycles. The number of aliphatic hydroxyl groups is 3. The van der Waals surface area contributed by atoms with E-state index >= 15 is 0 Å². The number of nitrogens with zero attached hydrogens (tertiary/aromatic N) is 3. The Kier molecular flexibility index (Phi) is 23.2. The first kappa shape index (κ1) is 58.5. The fourth-order valence-corrected chi connectivity index (χ4v) is 10.8. The van der Waals surface area contributed by atoms with Crippen LogP contribution in [0.25, 0.3) is 0 Å². The molecule has 4 rings (SSSR count). The van der Waals surface area contributed by atoms with E-state index in [2.05, 4.69) is 15.6 Å². The molecule has 5 N–H and O–H groups in total. The second-order valence-corrected chi connectivity index (χ2v) is 20.6. The van der Waals surface area contributed by atoms with Crippen molar-refractivity contribution < 1.29 is 63.0 Å². The van der Waals surface area contributed by atoms with Crippen molar-refractivity contribution >= 4 is 35.6 Å². The Bertz CT molecular complexity index is 1910. The maximum Gasteiger partial charge on any atom is 0.329 e. The number of hydrogen-bond acceptors (Lipinski definition) is 15. The van der Waals surface area contributed by atoms with Gasteiger partial charge in [-0.15, -0.1) is 5.10 Å². The van der Waals surface area contributed by atoms with Crippen LogP contribution in [0.5, 0.6) is 0 Å². The zero-order valence-corrected chi connectivity index (χ0v) is 43.2. The van der Waals surface area contributed by atoms with Crippen molar-refractivity contribution in [1.82, 2.24) is 10.2 Å². The highest BCUT2D eigenvalue weighted by atomic mass is 16.6. The molecule has 0 aromatic rings. The summed E-state index contributed by atoms with van der Waals surface area (Å²) in [5.74, 6) is -8.35. The third kappa shape index (κ3) is 15.7. The van der Waals surface area contributed by atoms with Gasteiger partial charge in [-0.2, -0.15) is 5.53 Å². The molecule has 2 bridgehead atoms. The third-order valence-electron chi connectivity index (χ3n) is 15.2. The standard InChI is InChI=1S/C52H83N5O13/c1-30-14-13-15-38(58)25-33(4)43(66-8)27-39-19-17-36(7)52(65,70-39)49(62)50(63)57-21-12-11-16-41(57)51(64)69-44(32(3)24-37-18-20-40(45(26-37)67-9)54-29-55-56-53)28-42(59)31(2)23-35(6)47(61)48(68-10)46(60)34(5)22-30/h13-14,23,25,29-32,34,36-41,43-45,47-48,58,61,65H,11-12,15-22,24,26-28H2,1-10H3,(H2,53,54,55)/b14-13+,33-25+,35-23+/t30-,31-,32-,34-,36-,37+,38?,39+,40?,41+,43+,44+,45-,47-,48+,52-/m1/s1. The summed E-state index contributed by atoms with van der Waals surface area (Å²) in [6.07, 6.45) is 8.29. The van der Waals surface area contributed by atoms with Crippen LogP contribution in [0.2, 0.25) is 0 Å². The molecule has 0 aromatic heterocycles. The Morgan fingerprint density at radius 1 is 0.929 bits per heavy atom. The van der Waals surface area contributed by atoms with E-state index in [4.69, 9.17) is 29.2 Å². The van der Waals surface area contributed by atoms with Crippen molar-refractivity contribution in [1.29, 1.82) is 5.53 Å². The van der Waals surface area contributed by atoms with Gasteiger partial charge in [-0.25, -0.2) is 4.79 Å². The topological polar surface area (TPSA) is 256 Å². The lowest BCUT2D eigenvalue weighted by Crippen LogP contribution is -2.61. The van der Waals surface area contributed by atoms with Gasteiger partial charge in [-0.05, 0) is 113 Å². The minimum atomic E-state index is -2.48. The molecule has 18 nitrogen and oxygen atoms in total. The molecule has 70 heavy (non-hydrogen) atoms. The van der Waals surface area contributed by atoms with Crippen LogP contribution < -0.4 is 5.32 Å². The number of hydrogen-bond donors (Lipinski definition) is 5. The molecular formula is C52H83N5O13. The van der Waals surface area contributed by atoms with Crippen molar-refractivity contribution in [3.8, 4) is 0 Å². The molecule has 0 aromatic carbocycles. The van der Waals surface area contributed by atoms with Crippen LogP contribution in [0.1, 0.15) is 132 Å². The molecule has 1 amide bonds. The summed E-state index contributed by atoms with van der Waals surface area (Å²) in [4.78, 5) is 72.3. The minimum absolute atomic E-state index is 0.0585. The Labute approximate surface area is 414 Å². The lowest BCUT2D eigenvalue weighted by atomic mass is 9.77. The molecule has 3 heterocycles. The van der Waals surface area contributed by atoms with Gasteiger partial charge in [0.05, 0.1) is 30.5 Å². The van der Waals surface area contributed by atoms with Crippen LogP contribution in [0.4, 0.5) is 0 Å². The van der Waals surface area contributed by atoms with Crippen molar-refractivity contribution in [3.05, 3.63) is 35.5 Å². The molecule has 2 unspecified atom stereocenters. The Balaban J connectivity index is 1.70. The molecule has 1 aliphatic carbocycles. The van der Waals surface area contributed by atoms with Gasteiger partial charge in [0.1, 0.15) is 36.5 Å². The van der Waals surface area contributed by atoms with Crippen molar-refractivity contribution in [2.24, 2.45) is 45.8 Å². The van der Waals surface area contributed by atoms with Crippen LogP contribution >= 0.6 is 0 Å². The average molecular weight is 986 g/mol. The van der Waals surface area contributed by atoms with E-state index in [0.717, 1.165) is 12.8 Å². The Morgan fingerprint density at radius 2 is 1.66 bits per heavy atom. The highest BCUT2D eigenvalue weighted by Crippen LogP contribution is 2.38. The van der Waals surface area contributed by atoms with E-state index in [0.29, 0.717) is 56.1 Å². The van der Waals surface area contributed by atoms with Crippen LogP contribution in [0, 0.1) is 41.0 Å². The number of methoxy groups -OCH3 is 3. The zero-order valence-electron chi connectivity index (χ0n) is 43.2. The third-order valence-corrected chi connectivity index (χ3v) is 15.2. The molecule has 18 heteroatoms. The first-order valence-corrected chi connectivity index (χ1v) is 25.3. The average Bonchev–Trinajstić information content (AvgIpc) is 3.33. The number of fused-ring (bicyclic) bond motifs is 3. The monoisotopic (exact) mass is 986 g/mol. The molecule has 1 saturated carbocycles. The summed E-state index contributed by atoms with van der Waals surface area (Å²) < 4.78 is 29.7. The number of piperidine rings is 1. The lowest BCUT2D eigenvalue weighted by Gasteiger charge is -2.42.